The number of methoxy groups -OCH3 is 1. The Balaban J connectivity index is 1.65. The normalized spacial score (nSPS) is 14.4. The van der Waals surface area contributed by atoms with Gasteiger partial charge in [0.25, 0.3) is 5.91 Å². The molecule has 0 spiro atoms. The minimum absolute atomic E-state index is 0.184. The number of carbonyl (C=O) groups excluding carboxylic acids is 2. The van der Waals surface area contributed by atoms with E-state index in [0.29, 0.717) is 27.0 Å². The average molecular weight is 658 g/mol. The predicted molar refractivity (Wildman–Crippen MR) is 160 cm³/mol. The van der Waals surface area contributed by atoms with Crippen molar-refractivity contribution in [2.45, 2.75) is 26.9 Å². The number of nitrogens with zero attached hydrogens (tertiary/aromatic N) is 2. The molecular formula is C29H26Br2N2O4S. The molecule has 1 amide bonds. The van der Waals surface area contributed by atoms with Crippen LogP contribution in [0.3, 0.4) is 0 Å². The van der Waals surface area contributed by atoms with Crippen molar-refractivity contribution in [3.05, 3.63) is 97.6 Å². The number of rotatable bonds is 8. The van der Waals surface area contributed by atoms with Gasteiger partial charge in [-0.25, -0.2) is 0 Å². The Hall–Kier alpha value is -3.01. The molecule has 0 saturated carbocycles. The second-order valence-electron chi connectivity index (χ2n) is 8.72. The van der Waals surface area contributed by atoms with Gasteiger partial charge >= 0.3 is 5.97 Å². The van der Waals surface area contributed by atoms with Crippen LogP contribution in [0.25, 0.3) is 6.08 Å². The molecule has 0 atom stereocenters. The summed E-state index contributed by atoms with van der Waals surface area (Å²) in [4.78, 5) is 28.7. The number of aryl methyl sites for hydroxylation is 2. The van der Waals surface area contributed by atoms with Crippen LogP contribution in [0, 0.1) is 6.92 Å². The van der Waals surface area contributed by atoms with Gasteiger partial charge in [-0.15, -0.1) is 0 Å². The van der Waals surface area contributed by atoms with Crippen LogP contribution in [0.4, 0.5) is 5.69 Å². The zero-order chi connectivity index (χ0) is 27.4. The summed E-state index contributed by atoms with van der Waals surface area (Å²) in [5, 5.41) is 0.215. The lowest BCUT2D eigenvalue weighted by Gasteiger charge is -2.19. The first-order valence-corrected chi connectivity index (χ1v) is 13.9. The van der Waals surface area contributed by atoms with Crippen LogP contribution < -0.4 is 9.64 Å². The van der Waals surface area contributed by atoms with Gasteiger partial charge in [0.05, 0.1) is 21.7 Å². The number of amides is 1. The molecule has 4 rings (SSSR count). The number of halogens is 2. The number of hydrogen-bond acceptors (Lipinski definition) is 5. The monoisotopic (exact) mass is 656 g/mol. The van der Waals surface area contributed by atoms with E-state index in [1.807, 2.05) is 67.6 Å². The lowest BCUT2D eigenvalue weighted by atomic mass is 10.1. The lowest BCUT2D eigenvalue weighted by molar-refractivity contribution is -0.140. The van der Waals surface area contributed by atoms with Crippen molar-refractivity contribution in [2.24, 2.45) is 0 Å². The van der Waals surface area contributed by atoms with E-state index in [4.69, 9.17) is 21.7 Å². The zero-order valence-electron chi connectivity index (χ0n) is 21.2. The summed E-state index contributed by atoms with van der Waals surface area (Å²) >= 11 is 12.8. The van der Waals surface area contributed by atoms with Gasteiger partial charge in [0.15, 0.2) is 5.11 Å². The van der Waals surface area contributed by atoms with E-state index in [9.17, 15) is 9.59 Å². The highest BCUT2D eigenvalue weighted by Gasteiger charge is 2.40. The maximum absolute atomic E-state index is 13.6. The van der Waals surface area contributed by atoms with Gasteiger partial charge in [-0.05, 0) is 104 Å². The minimum atomic E-state index is -0.503. The molecular weight excluding hydrogens is 632 g/mol. The van der Waals surface area contributed by atoms with Crippen LogP contribution in [0.5, 0.6) is 5.75 Å². The standard InChI is InChI=1S/C29H26Br2N2O4S/c1-4-19-9-11-22(12-10-19)33-28(35)25(32(29(33)38)16-26(34)36-3)15-21-13-23(30)27(24(31)14-21)37-17-20-7-5-18(2)6-8-20/h5-15H,4,16-17H2,1-3H3/b25-15-. The number of esters is 1. The van der Waals surface area contributed by atoms with Gasteiger partial charge in [-0.2, -0.15) is 0 Å². The van der Waals surface area contributed by atoms with E-state index in [0.717, 1.165) is 23.1 Å². The van der Waals surface area contributed by atoms with Crippen molar-refractivity contribution in [3.63, 3.8) is 0 Å². The van der Waals surface area contributed by atoms with Crippen LogP contribution in [-0.4, -0.2) is 35.5 Å². The van der Waals surface area contributed by atoms with Crippen LogP contribution >= 0.6 is 44.1 Å². The SMILES string of the molecule is CCc1ccc(N2C(=O)/C(=C/c3cc(Br)c(OCc4ccc(C)cc4)c(Br)c3)N(CC(=O)OC)C2=S)cc1. The largest absolute Gasteiger partial charge is 0.487 e. The average Bonchev–Trinajstić information content (AvgIpc) is 3.13. The van der Waals surface area contributed by atoms with Gasteiger partial charge in [0.1, 0.15) is 24.6 Å². The Bertz CT molecular complexity index is 1380. The van der Waals surface area contributed by atoms with E-state index < -0.39 is 5.97 Å². The molecule has 1 saturated heterocycles. The second-order valence-corrected chi connectivity index (χ2v) is 10.8. The Morgan fingerprint density at radius 2 is 1.61 bits per heavy atom. The summed E-state index contributed by atoms with van der Waals surface area (Å²) in [6.07, 6.45) is 2.59. The molecule has 0 radical (unpaired) electrons. The molecule has 0 aliphatic carbocycles. The first kappa shape index (κ1) is 28.0. The molecule has 0 N–H and O–H groups in total. The van der Waals surface area contributed by atoms with Crippen molar-refractivity contribution in [1.82, 2.24) is 4.90 Å². The van der Waals surface area contributed by atoms with E-state index in [2.05, 4.69) is 38.8 Å². The highest BCUT2D eigenvalue weighted by Crippen LogP contribution is 2.37. The third-order valence-electron chi connectivity index (χ3n) is 6.08. The first-order chi connectivity index (χ1) is 18.2. The minimum Gasteiger partial charge on any atom is -0.487 e. The third-order valence-corrected chi connectivity index (χ3v) is 7.66. The van der Waals surface area contributed by atoms with Crippen molar-refractivity contribution in [1.29, 1.82) is 0 Å². The Labute approximate surface area is 244 Å². The summed E-state index contributed by atoms with van der Waals surface area (Å²) in [6, 6.07) is 19.5. The molecule has 1 aliphatic heterocycles. The van der Waals surface area contributed by atoms with Crippen LogP contribution in [0.2, 0.25) is 0 Å². The van der Waals surface area contributed by atoms with Gasteiger partial charge in [0.2, 0.25) is 0 Å². The number of hydrogen-bond donors (Lipinski definition) is 0. The molecule has 0 unspecified atom stereocenters. The highest BCUT2D eigenvalue weighted by atomic mass is 79.9. The van der Waals surface area contributed by atoms with Gasteiger partial charge < -0.3 is 14.4 Å². The molecule has 3 aromatic rings. The Morgan fingerprint density at radius 1 is 1.00 bits per heavy atom. The number of ether oxygens (including phenoxy) is 2. The summed E-state index contributed by atoms with van der Waals surface area (Å²) in [7, 11) is 1.30. The van der Waals surface area contributed by atoms with Gasteiger partial charge in [-0.3, -0.25) is 14.5 Å². The molecule has 3 aromatic carbocycles. The van der Waals surface area contributed by atoms with Gasteiger partial charge in [0, 0.05) is 0 Å². The van der Waals surface area contributed by atoms with Crippen LogP contribution in [0.15, 0.2) is 75.3 Å². The third kappa shape index (κ3) is 6.17. The summed E-state index contributed by atoms with van der Waals surface area (Å²) in [5.74, 6) is -0.184. The summed E-state index contributed by atoms with van der Waals surface area (Å²) < 4.78 is 12.3. The Kier molecular flexibility index (Phi) is 9.02. The number of benzene rings is 3. The smallest absolute Gasteiger partial charge is 0.325 e. The molecule has 9 heteroatoms. The number of carbonyl (C=O) groups is 2. The summed E-state index contributed by atoms with van der Waals surface area (Å²) in [5.41, 5.74) is 5.01. The maximum Gasteiger partial charge on any atom is 0.325 e. The predicted octanol–water partition coefficient (Wildman–Crippen LogP) is 6.81. The second kappa shape index (κ2) is 12.2. The van der Waals surface area contributed by atoms with E-state index >= 15 is 0 Å². The van der Waals surface area contributed by atoms with E-state index in [-0.39, 0.29) is 23.3 Å². The lowest BCUT2D eigenvalue weighted by Crippen LogP contribution is -2.35. The van der Waals surface area contributed by atoms with Crippen LogP contribution in [-0.2, 0) is 27.4 Å². The quantitative estimate of drug-likeness (QED) is 0.151. The topological polar surface area (TPSA) is 59.1 Å². The van der Waals surface area contributed by atoms with Crippen molar-refractivity contribution in [2.75, 3.05) is 18.6 Å². The maximum atomic E-state index is 13.6. The van der Waals surface area contributed by atoms with Crippen molar-refractivity contribution in [3.8, 4) is 5.75 Å². The fourth-order valence-electron chi connectivity index (χ4n) is 3.93. The molecule has 1 fully saturated rings. The van der Waals surface area contributed by atoms with Crippen molar-refractivity contribution >= 4 is 72.8 Å². The van der Waals surface area contributed by atoms with Gasteiger partial charge in [-0.1, -0.05) is 48.9 Å². The molecule has 0 bridgehead atoms. The molecule has 38 heavy (non-hydrogen) atoms. The summed E-state index contributed by atoms with van der Waals surface area (Å²) in [6.45, 7) is 4.33. The molecule has 1 aliphatic rings. The Morgan fingerprint density at radius 3 is 2.18 bits per heavy atom. The highest BCUT2D eigenvalue weighted by molar-refractivity contribution is 9.11. The fourth-order valence-corrected chi connectivity index (χ4v) is 5.74. The zero-order valence-corrected chi connectivity index (χ0v) is 25.2. The van der Waals surface area contributed by atoms with Crippen molar-refractivity contribution < 1.29 is 19.1 Å². The fraction of sp³-hybridized carbons (Fsp3) is 0.207. The number of anilines is 1. The van der Waals surface area contributed by atoms with E-state index in [1.165, 1.54) is 22.5 Å². The molecule has 6 nitrogen and oxygen atoms in total. The van der Waals surface area contributed by atoms with E-state index in [1.54, 1.807) is 6.08 Å². The molecule has 0 aromatic heterocycles. The molecule has 196 valence electrons. The number of thiocarbonyl (C=S) groups is 1. The first-order valence-electron chi connectivity index (χ1n) is 11.9. The molecule has 1 heterocycles. The van der Waals surface area contributed by atoms with Crippen LogP contribution in [0.1, 0.15) is 29.2 Å².